The number of nitrogens with one attached hydrogen (secondary N) is 2. The number of aromatic nitrogens is 2. The number of aliphatic hydroxyl groups is 1. The van der Waals surface area contributed by atoms with E-state index in [1.807, 2.05) is 0 Å². The molecule has 1 heterocycles. The Hall–Kier alpha value is -1.40. The van der Waals surface area contributed by atoms with Crippen LogP contribution in [0.15, 0.2) is 6.07 Å². The van der Waals surface area contributed by atoms with Gasteiger partial charge in [-0.15, -0.1) is 0 Å². The fraction of sp³-hybridized carbons (Fsp3) is 0.636. The molecule has 0 saturated carbocycles. The Kier molecular flexibility index (Phi) is 4.65. The number of anilines is 2. The first-order valence-electron chi connectivity index (χ1n) is 5.75. The van der Waals surface area contributed by atoms with Gasteiger partial charge in [0, 0.05) is 19.0 Å². The molecule has 0 aromatic carbocycles. The van der Waals surface area contributed by atoms with Crippen LogP contribution in [0.1, 0.15) is 33.0 Å². The van der Waals surface area contributed by atoms with Crippen molar-refractivity contribution in [2.24, 2.45) is 5.84 Å². The summed E-state index contributed by atoms with van der Waals surface area (Å²) in [5.41, 5.74) is 1.72. The lowest BCUT2D eigenvalue weighted by molar-refractivity contribution is 0.0944. The maximum atomic E-state index is 9.63. The topological polar surface area (TPSA) is 96.1 Å². The summed E-state index contributed by atoms with van der Waals surface area (Å²) in [7, 11) is 0. The molecule has 0 aliphatic rings. The molecule has 0 fully saturated rings. The van der Waals surface area contributed by atoms with E-state index in [0.717, 1.165) is 18.7 Å². The average molecular weight is 239 g/mol. The minimum atomic E-state index is -0.786. The minimum absolute atomic E-state index is 0.416. The molecule has 1 rings (SSSR count). The molecule has 0 amide bonds. The molecule has 6 nitrogen and oxygen atoms in total. The highest BCUT2D eigenvalue weighted by Gasteiger charge is 2.12. The van der Waals surface area contributed by atoms with Crippen molar-refractivity contribution in [1.82, 2.24) is 9.97 Å². The molecular weight excluding hydrogens is 218 g/mol. The first-order chi connectivity index (χ1) is 7.94. The van der Waals surface area contributed by atoms with Gasteiger partial charge in [-0.1, -0.05) is 6.92 Å². The number of nitrogens with zero attached hydrogens (tertiary/aromatic N) is 2. The van der Waals surface area contributed by atoms with E-state index >= 15 is 0 Å². The first-order valence-corrected chi connectivity index (χ1v) is 5.75. The Morgan fingerprint density at radius 3 is 2.53 bits per heavy atom. The number of hydrazine groups is 1. The van der Waals surface area contributed by atoms with Gasteiger partial charge >= 0.3 is 0 Å². The maximum Gasteiger partial charge on any atom is 0.145 e. The number of hydrogen-bond donors (Lipinski definition) is 4. The van der Waals surface area contributed by atoms with Gasteiger partial charge in [0.2, 0.25) is 0 Å². The molecule has 0 bridgehead atoms. The molecular formula is C11H21N5O. The summed E-state index contributed by atoms with van der Waals surface area (Å²) < 4.78 is 0. The van der Waals surface area contributed by atoms with Crippen LogP contribution in [0.4, 0.5) is 11.6 Å². The van der Waals surface area contributed by atoms with Gasteiger partial charge < -0.3 is 15.8 Å². The van der Waals surface area contributed by atoms with E-state index in [-0.39, 0.29) is 0 Å². The van der Waals surface area contributed by atoms with E-state index in [4.69, 9.17) is 5.84 Å². The summed E-state index contributed by atoms with van der Waals surface area (Å²) in [6.07, 6.45) is 1.77. The second kappa shape index (κ2) is 5.79. The number of hydrogen-bond acceptors (Lipinski definition) is 6. The van der Waals surface area contributed by atoms with E-state index in [0.29, 0.717) is 18.2 Å². The van der Waals surface area contributed by atoms with Crippen molar-refractivity contribution in [3.8, 4) is 0 Å². The maximum absolute atomic E-state index is 9.63. The van der Waals surface area contributed by atoms with Crippen molar-refractivity contribution in [3.63, 3.8) is 0 Å². The second-order valence-corrected chi connectivity index (χ2v) is 4.61. The predicted molar refractivity (Wildman–Crippen MR) is 68.6 cm³/mol. The zero-order valence-corrected chi connectivity index (χ0v) is 10.6. The highest BCUT2D eigenvalue weighted by Crippen LogP contribution is 2.12. The van der Waals surface area contributed by atoms with Crippen molar-refractivity contribution >= 4 is 11.6 Å². The molecule has 0 aliphatic heterocycles. The van der Waals surface area contributed by atoms with Crippen LogP contribution in [0.25, 0.3) is 0 Å². The summed E-state index contributed by atoms with van der Waals surface area (Å²) >= 11 is 0. The SMILES string of the molecule is CCCc1nc(NN)cc(NCC(C)(C)O)n1. The molecule has 96 valence electrons. The van der Waals surface area contributed by atoms with Crippen molar-refractivity contribution in [3.05, 3.63) is 11.9 Å². The Morgan fingerprint density at radius 1 is 1.35 bits per heavy atom. The van der Waals surface area contributed by atoms with Gasteiger partial charge in [0.1, 0.15) is 17.5 Å². The Balaban J connectivity index is 2.79. The zero-order chi connectivity index (χ0) is 12.9. The number of rotatable bonds is 6. The third-order valence-electron chi connectivity index (χ3n) is 2.10. The highest BCUT2D eigenvalue weighted by molar-refractivity contribution is 5.47. The normalized spacial score (nSPS) is 11.4. The second-order valence-electron chi connectivity index (χ2n) is 4.61. The lowest BCUT2D eigenvalue weighted by Crippen LogP contribution is -2.29. The molecule has 6 heteroatoms. The fourth-order valence-electron chi connectivity index (χ4n) is 1.30. The smallest absolute Gasteiger partial charge is 0.145 e. The Bertz CT molecular complexity index is 361. The van der Waals surface area contributed by atoms with Gasteiger partial charge in [-0.25, -0.2) is 15.8 Å². The van der Waals surface area contributed by atoms with Crippen molar-refractivity contribution in [2.75, 3.05) is 17.3 Å². The van der Waals surface area contributed by atoms with Crippen LogP contribution in [0.3, 0.4) is 0 Å². The van der Waals surface area contributed by atoms with Crippen LogP contribution >= 0.6 is 0 Å². The average Bonchev–Trinajstić information content (AvgIpc) is 2.25. The van der Waals surface area contributed by atoms with Crippen LogP contribution < -0.4 is 16.6 Å². The largest absolute Gasteiger partial charge is 0.389 e. The summed E-state index contributed by atoms with van der Waals surface area (Å²) in [4.78, 5) is 8.58. The lowest BCUT2D eigenvalue weighted by Gasteiger charge is -2.18. The monoisotopic (exact) mass is 239 g/mol. The standard InChI is InChI=1S/C11H21N5O/c1-4-5-8-14-9(6-10(15-8)16-12)13-7-11(2,3)17/h6,17H,4-5,7,12H2,1-3H3,(H2,13,14,15,16). The van der Waals surface area contributed by atoms with E-state index in [1.165, 1.54) is 0 Å². The van der Waals surface area contributed by atoms with E-state index in [9.17, 15) is 5.11 Å². The van der Waals surface area contributed by atoms with E-state index in [2.05, 4.69) is 27.6 Å². The summed E-state index contributed by atoms with van der Waals surface area (Å²) in [6, 6.07) is 1.71. The molecule has 0 atom stereocenters. The molecule has 1 aromatic heterocycles. The van der Waals surface area contributed by atoms with Crippen molar-refractivity contribution in [1.29, 1.82) is 0 Å². The summed E-state index contributed by atoms with van der Waals surface area (Å²) in [6.45, 7) is 5.95. The van der Waals surface area contributed by atoms with Gasteiger partial charge in [-0.3, -0.25) is 0 Å². The molecule has 0 aliphatic carbocycles. The quantitative estimate of drug-likeness (QED) is 0.435. The molecule has 0 spiro atoms. The molecule has 0 radical (unpaired) electrons. The van der Waals surface area contributed by atoms with Gasteiger partial charge in [0.15, 0.2) is 0 Å². The summed E-state index contributed by atoms with van der Waals surface area (Å²) in [5, 5.41) is 12.7. The molecule has 0 saturated heterocycles. The van der Waals surface area contributed by atoms with Crippen LogP contribution in [-0.4, -0.2) is 27.2 Å². The van der Waals surface area contributed by atoms with Gasteiger partial charge in [0.05, 0.1) is 5.60 Å². The zero-order valence-electron chi connectivity index (χ0n) is 10.6. The Morgan fingerprint density at radius 2 is 2.00 bits per heavy atom. The molecule has 17 heavy (non-hydrogen) atoms. The van der Waals surface area contributed by atoms with Crippen LogP contribution in [0.2, 0.25) is 0 Å². The van der Waals surface area contributed by atoms with Crippen molar-refractivity contribution in [2.45, 2.75) is 39.2 Å². The van der Waals surface area contributed by atoms with E-state index < -0.39 is 5.60 Å². The number of aryl methyl sites for hydroxylation is 1. The molecule has 0 unspecified atom stereocenters. The third-order valence-corrected chi connectivity index (χ3v) is 2.10. The first kappa shape index (κ1) is 13.7. The van der Waals surface area contributed by atoms with Crippen LogP contribution in [0.5, 0.6) is 0 Å². The Labute approximate surface area is 102 Å². The minimum Gasteiger partial charge on any atom is -0.389 e. The van der Waals surface area contributed by atoms with Gasteiger partial charge in [-0.05, 0) is 20.3 Å². The number of nitrogens with two attached hydrogens (primary N) is 1. The highest BCUT2D eigenvalue weighted by atomic mass is 16.3. The lowest BCUT2D eigenvalue weighted by atomic mass is 10.1. The molecule has 5 N–H and O–H groups in total. The fourth-order valence-corrected chi connectivity index (χ4v) is 1.30. The van der Waals surface area contributed by atoms with Crippen LogP contribution in [-0.2, 0) is 6.42 Å². The predicted octanol–water partition coefficient (Wildman–Crippen LogP) is 0.897. The van der Waals surface area contributed by atoms with Crippen LogP contribution in [0, 0.1) is 0 Å². The summed E-state index contributed by atoms with van der Waals surface area (Å²) in [5.74, 6) is 7.32. The van der Waals surface area contributed by atoms with E-state index in [1.54, 1.807) is 19.9 Å². The third kappa shape index (κ3) is 4.97. The van der Waals surface area contributed by atoms with Gasteiger partial charge in [0.25, 0.3) is 0 Å². The van der Waals surface area contributed by atoms with Crippen molar-refractivity contribution < 1.29 is 5.11 Å². The number of nitrogen functional groups attached to an aromatic ring is 1. The molecule has 1 aromatic rings. The van der Waals surface area contributed by atoms with Gasteiger partial charge in [-0.2, -0.15) is 0 Å².